The van der Waals surface area contributed by atoms with Gasteiger partial charge in [0.15, 0.2) is 0 Å². The Kier molecular flexibility index (Phi) is 7.29. The SMILES string of the molecule is CC(C)CCC(C)NC(=O)NCC(O)C(C)(C)C. The molecule has 0 spiro atoms. The zero-order valence-corrected chi connectivity index (χ0v) is 12.7. The fourth-order valence-corrected chi connectivity index (χ4v) is 1.43. The maximum absolute atomic E-state index is 11.6. The zero-order valence-electron chi connectivity index (χ0n) is 12.7. The van der Waals surface area contributed by atoms with Gasteiger partial charge in [0, 0.05) is 12.6 Å². The molecule has 2 atom stereocenters. The van der Waals surface area contributed by atoms with Crippen molar-refractivity contribution in [3.8, 4) is 0 Å². The molecule has 0 aliphatic heterocycles. The smallest absolute Gasteiger partial charge is 0.315 e. The van der Waals surface area contributed by atoms with Gasteiger partial charge in [-0.15, -0.1) is 0 Å². The first-order chi connectivity index (χ1) is 8.12. The number of nitrogens with one attached hydrogen (secondary N) is 2. The van der Waals surface area contributed by atoms with Gasteiger partial charge in [0.25, 0.3) is 0 Å². The van der Waals surface area contributed by atoms with Crippen molar-refractivity contribution in [3.63, 3.8) is 0 Å². The normalized spacial score (nSPS) is 15.3. The minimum absolute atomic E-state index is 0.166. The summed E-state index contributed by atoms with van der Waals surface area (Å²) in [5, 5.41) is 15.4. The molecular formula is C14H30N2O2. The summed E-state index contributed by atoms with van der Waals surface area (Å²) in [6, 6.07) is -0.0336. The molecule has 0 aromatic heterocycles. The van der Waals surface area contributed by atoms with Gasteiger partial charge in [-0.05, 0) is 31.1 Å². The predicted molar refractivity (Wildman–Crippen MR) is 75.5 cm³/mol. The Morgan fingerprint density at radius 3 is 2.17 bits per heavy atom. The molecule has 0 radical (unpaired) electrons. The van der Waals surface area contributed by atoms with Crippen LogP contribution in [0, 0.1) is 11.3 Å². The average Bonchev–Trinajstić information content (AvgIpc) is 2.21. The Balaban J connectivity index is 3.84. The van der Waals surface area contributed by atoms with Crippen molar-refractivity contribution >= 4 is 6.03 Å². The van der Waals surface area contributed by atoms with Crippen LogP contribution in [0.4, 0.5) is 4.79 Å². The van der Waals surface area contributed by atoms with Crippen LogP contribution in [0.2, 0.25) is 0 Å². The number of urea groups is 1. The fraction of sp³-hybridized carbons (Fsp3) is 0.929. The minimum atomic E-state index is -0.533. The number of aliphatic hydroxyl groups is 1. The molecule has 0 aliphatic carbocycles. The molecule has 0 heterocycles. The summed E-state index contributed by atoms with van der Waals surface area (Å²) in [6.07, 6.45) is 1.55. The summed E-state index contributed by atoms with van der Waals surface area (Å²) in [7, 11) is 0. The van der Waals surface area contributed by atoms with E-state index in [1.54, 1.807) is 0 Å². The highest BCUT2D eigenvalue weighted by atomic mass is 16.3. The van der Waals surface area contributed by atoms with Crippen molar-refractivity contribution in [1.82, 2.24) is 10.6 Å². The summed E-state index contributed by atoms with van der Waals surface area (Å²) >= 11 is 0. The number of rotatable bonds is 6. The third kappa shape index (κ3) is 8.34. The second-order valence-corrected chi connectivity index (χ2v) is 6.61. The number of aliphatic hydroxyl groups excluding tert-OH is 1. The maximum atomic E-state index is 11.6. The molecule has 0 aromatic carbocycles. The molecule has 3 N–H and O–H groups in total. The first-order valence-electron chi connectivity index (χ1n) is 6.85. The van der Waals surface area contributed by atoms with Crippen LogP contribution in [-0.2, 0) is 0 Å². The molecule has 4 heteroatoms. The van der Waals surface area contributed by atoms with E-state index < -0.39 is 6.10 Å². The second kappa shape index (κ2) is 7.62. The van der Waals surface area contributed by atoms with Crippen LogP contribution >= 0.6 is 0 Å². The highest BCUT2D eigenvalue weighted by Crippen LogP contribution is 2.18. The van der Waals surface area contributed by atoms with Gasteiger partial charge in [0.05, 0.1) is 6.10 Å². The summed E-state index contributed by atoms with van der Waals surface area (Å²) < 4.78 is 0. The number of amides is 2. The first kappa shape index (κ1) is 17.2. The average molecular weight is 258 g/mol. The number of carbonyl (C=O) groups excluding carboxylic acids is 1. The zero-order chi connectivity index (χ0) is 14.3. The molecule has 0 aliphatic rings. The molecule has 4 nitrogen and oxygen atoms in total. The summed E-state index contributed by atoms with van der Waals surface area (Å²) in [4.78, 5) is 11.6. The van der Waals surface area contributed by atoms with Crippen LogP contribution < -0.4 is 10.6 Å². The third-order valence-electron chi connectivity index (χ3n) is 3.01. The Hall–Kier alpha value is -0.770. The van der Waals surface area contributed by atoms with Gasteiger partial charge in [0.2, 0.25) is 0 Å². The molecule has 2 amide bonds. The van der Waals surface area contributed by atoms with Gasteiger partial charge in [-0.2, -0.15) is 0 Å². The van der Waals surface area contributed by atoms with E-state index in [1.807, 2.05) is 27.7 Å². The largest absolute Gasteiger partial charge is 0.391 e. The molecular weight excluding hydrogens is 228 g/mol. The number of hydrogen-bond acceptors (Lipinski definition) is 2. The van der Waals surface area contributed by atoms with E-state index >= 15 is 0 Å². The van der Waals surface area contributed by atoms with Crippen LogP contribution in [0.3, 0.4) is 0 Å². The molecule has 0 saturated heterocycles. The van der Waals surface area contributed by atoms with Crippen LogP contribution in [0.1, 0.15) is 54.4 Å². The highest BCUT2D eigenvalue weighted by Gasteiger charge is 2.22. The number of carbonyl (C=O) groups is 1. The lowest BCUT2D eigenvalue weighted by Gasteiger charge is -2.26. The Morgan fingerprint density at radius 2 is 1.72 bits per heavy atom. The van der Waals surface area contributed by atoms with Gasteiger partial charge in [-0.1, -0.05) is 34.6 Å². The van der Waals surface area contributed by atoms with Crippen molar-refractivity contribution in [2.75, 3.05) is 6.54 Å². The number of hydrogen-bond donors (Lipinski definition) is 3. The molecule has 0 bridgehead atoms. The van der Waals surface area contributed by atoms with Crippen LogP contribution in [0.25, 0.3) is 0 Å². The molecule has 18 heavy (non-hydrogen) atoms. The Morgan fingerprint density at radius 1 is 1.17 bits per heavy atom. The summed E-state index contributed by atoms with van der Waals surface area (Å²) in [5.41, 5.74) is -0.212. The van der Waals surface area contributed by atoms with E-state index in [0.29, 0.717) is 5.92 Å². The minimum Gasteiger partial charge on any atom is -0.391 e. The first-order valence-corrected chi connectivity index (χ1v) is 6.85. The van der Waals surface area contributed by atoms with E-state index in [0.717, 1.165) is 12.8 Å². The lowest BCUT2D eigenvalue weighted by molar-refractivity contribution is 0.0649. The summed E-state index contributed by atoms with van der Waals surface area (Å²) in [5.74, 6) is 0.653. The van der Waals surface area contributed by atoms with Gasteiger partial charge in [-0.3, -0.25) is 0 Å². The van der Waals surface area contributed by atoms with Gasteiger partial charge in [-0.25, -0.2) is 4.79 Å². The van der Waals surface area contributed by atoms with Gasteiger partial charge < -0.3 is 15.7 Å². The van der Waals surface area contributed by atoms with E-state index in [4.69, 9.17) is 0 Å². The van der Waals surface area contributed by atoms with Crippen LogP contribution in [0.5, 0.6) is 0 Å². The fourth-order valence-electron chi connectivity index (χ4n) is 1.43. The van der Waals surface area contributed by atoms with Crippen LogP contribution in [0.15, 0.2) is 0 Å². The standard InChI is InChI=1S/C14H30N2O2/c1-10(2)7-8-11(3)16-13(18)15-9-12(17)14(4,5)6/h10-12,17H,7-9H2,1-6H3,(H2,15,16,18). The van der Waals surface area contributed by atoms with Crippen LogP contribution in [-0.4, -0.2) is 29.8 Å². The highest BCUT2D eigenvalue weighted by molar-refractivity contribution is 5.74. The van der Waals surface area contributed by atoms with Gasteiger partial charge in [0.1, 0.15) is 0 Å². The Labute approximate surface area is 112 Å². The van der Waals surface area contributed by atoms with Gasteiger partial charge >= 0.3 is 6.03 Å². The van der Waals surface area contributed by atoms with E-state index in [-0.39, 0.29) is 24.0 Å². The molecule has 108 valence electrons. The van der Waals surface area contributed by atoms with Crippen molar-refractivity contribution < 1.29 is 9.90 Å². The van der Waals surface area contributed by atoms with Crippen molar-refractivity contribution in [3.05, 3.63) is 0 Å². The van der Waals surface area contributed by atoms with E-state index in [9.17, 15) is 9.90 Å². The molecule has 0 fully saturated rings. The lowest BCUT2D eigenvalue weighted by Crippen LogP contribution is -2.46. The lowest BCUT2D eigenvalue weighted by atomic mass is 9.89. The quantitative estimate of drug-likeness (QED) is 0.685. The van der Waals surface area contributed by atoms with E-state index in [1.165, 1.54) is 0 Å². The van der Waals surface area contributed by atoms with Crippen molar-refractivity contribution in [2.24, 2.45) is 11.3 Å². The molecule has 0 aromatic rings. The Bertz CT molecular complexity index is 247. The topological polar surface area (TPSA) is 61.4 Å². The second-order valence-electron chi connectivity index (χ2n) is 6.61. The molecule has 2 unspecified atom stereocenters. The molecule has 0 rings (SSSR count). The predicted octanol–water partition coefficient (Wildman–Crippen LogP) is 2.52. The third-order valence-corrected chi connectivity index (χ3v) is 3.01. The molecule has 0 saturated carbocycles. The van der Waals surface area contributed by atoms with E-state index in [2.05, 4.69) is 24.5 Å². The van der Waals surface area contributed by atoms with Crippen molar-refractivity contribution in [2.45, 2.75) is 66.5 Å². The maximum Gasteiger partial charge on any atom is 0.315 e. The summed E-state index contributed by atoms with van der Waals surface area (Å²) in [6.45, 7) is 12.5. The van der Waals surface area contributed by atoms with Crippen molar-refractivity contribution in [1.29, 1.82) is 0 Å². The monoisotopic (exact) mass is 258 g/mol.